The average molecular weight is 366 g/mol. The van der Waals surface area contributed by atoms with Gasteiger partial charge in [-0.15, -0.1) is 0 Å². The van der Waals surface area contributed by atoms with E-state index in [-0.39, 0.29) is 11.3 Å². The zero-order chi connectivity index (χ0) is 19.0. The first kappa shape index (κ1) is 18.3. The summed E-state index contributed by atoms with van der Waals surface area (Å²) in [6.45, 7) is 1.76. The van der Waals surface area contributed by atoms with Gasteiger partial charge in [0, 0.05) is 17.5 Å². The number of fused-ring (bicyclic) bond motifs is 1. The van der Waals surface area contributed by atoms with Crippen molar-refractivity contribution >= 4 is 16.9 Å². The van der Waals surface area contributed by atoms with Crippen molar-refractivity contribution in [3.63, 3.8) is 0 Å². The second kappa shape index (κ2) is 7.04. The number of aliphatic hydroxyl groups excluding tert-OH is 3. The van der Waals surface area contributed by atoms with Gasteiger partial charge in [-0.3, -0.25) is 0 Å². The third-order valence-corrected chi connectivity index (χ3v) is 4.18. The van der Waals surface area contributed by atoms with E-state index >= 15 is 0 Å². The van der Waals surface area contributed by atoms with E-state index in [0.29, 0.717) is 5.39 Å². The lowest BCUT2D eigenvalue weighted by molar-refractivity contribution is -0.271. The van der Waals surface area contributed by atoms with Gasteiger partial charge in [0.05, 0.1) is 7.11 Å². The summed E-state index contributed by atoms with van der Waals surface area (Å²) in [6, 6.07) is 5.98. The van der Waals surface area contributed by atoms with Crippen molar-refractivity contribution in [2.75, 3.05) is 7.11 Å². The maximum atomic E-state index is 11.7. The molecule has 2 heterocycles. The molecule has 3 rings (SSSR count). The van der Waals surface area contributed by atoms with Crippen molar-refractivity contribution in [1.82, 2.24) is 0 Å². The largest absolute Gasteiger partial charge is 0.467 e. The van der Waals surface area contributed by atoms with E-state index in [2.05, 4.69) is 4.74 Å². The Kier molecular flexibility index (Phi) is 4.97. The molecule has 1 unspecified atom stereocenters. The van der Waals surface area contributed by atoms with E-state index in [1.165, 1.54) is 12.1 Å². The monoisotopic (exact) mass is 366 g/mol. The van der Waals surface area contributed by atoms with E-state index in [9.17, 15) is 24.9 Å². The van der Waals surface area contributed by atoms with Gasteiger partial charge in [0.2, 0.25) is 6.29 Å². The molecule has 0 aliphatic carbocycles. The third kappa shape index (κ3) is 3.29. The first-order chi connectivity index (χ1) is 12.3. The summed E-state index contributed by atoms with van der Waals surface area (Å²) in [7, 11) is 1.10. The number of methoxy groups -OCH3 is 1. The van der Waals surface area contributed by atoms with Crippen molar-refractivity contribution in [2.24, 2.45) is 0 Å². The Morgan fingerprint density at radius 3 is 2.54 bits per heavy atom. The molecule has 5 atom stereocenters. The van der Waals surface area contributed by atoms with Crippen molar-refractivity contribution in [1.29, 1.82) is 0 Å². The van der Waals surface area contributed by atoms with Crippen molar-refractivity contribution in [3.05, 3.63) is 40.2 Å². The Bertz CT molecular complexity index is 874. The first-order valence-electron chi connectivity index (χ1n) is 7.80. The Hall–Kier alpha value is -2.46. The molecular weight excluding hydrogens is 348 g/mol. The predicted molar refractivity (Wildman–Crippen MR) is 86.5 cm³/mol. The van der Waals surface area contributed by atoms with Gasteiger partial charge in [-0.05, 0) is 24.6 Å². The Morgan fingerprint density at radius 1 is 1.12 bits per heavy atom. The van der Waals surface area contributed by atoms with Crippen LogP contribution in [0, 0.1) is 6.92 Å². The van der Waals surface area contributed by atoms with Crippen LogP contribution in [0.25, 0.3) is 11.0 Å². The zero-order valence-electron chi connectivity index (χ0n) is 14.0. The summed E-state index contributed by atoms with van der Waals surface area (Å²) < 4.78 is 20.4. The van der Waals surface area contributed by atoms with E-state index < -0.39 is 42.3 Å². The number of carbonyl (C=O) groups excluding carboxylic acids is 1. The fraction of sp³-hybridized carbons (Fsp3) is 0.412. The summed E-state index contributed by atoms with van der Waals surface area (Å²) >= 11 is 0. The Balaban J connectivity index is 1.88. The number of hydrogen-bond donors (Lipinski definition) is 3. The Morgan fingerprint density at radius 2 is 1.85 bits per heavy atom. The highest BCUT2D eigenvalue weighted by atomic mass is 16.7. The van der Waals surface area contributed by atoms with E-state index in [0.717, 1.165) is 12.7 Å². The molecule has 1 fully saturated rings. The molecule has 0 amide bonds. The van der Waals surface area contributed by atoms with Crippen LogP contribution in [0.1, 0.15) is 5.56 Å². The number of carbonyl (C=O) groups is 1. The molecule has 1 aliphatic rings. The second-order valence-electron chi connectivity index (χ2n) is 5.94. The molecule has 1 aromatic heterocycles. The highest BCUT2D eigenvalue weighted by Gasteiger charge is 2.48. The minimum atomic E-state index is -1.68. The van der Waals surface area contributed by atoms with Gasteiger partial charge in [0.1, 0.15) is 29.6 Å². The maximum Gasteiger partial charge on any atom is 0.337 e. The summed E-state index contributed by atoms with van der Waals surface area (Å²) in [5, 5.41) is 30.5. The van der Waals surface area contributed by atoms with Gasteiger partial charge in [0.25, 0.3) is 0 Å². The standard InChI is InChI=1S/C17H18O9/c1-7-5-11(18)25-10-6-8(3-4-9(7)10)24-17-14(21)12(19)13(20)15(26-17)16(22)23-2/h3-6,12-15,17,19-21H,1-2H3/t12-,13+,14-,15?,17-/m1/s1. The molecule has 2 aromatic rings. The molecule has 9 heteroatoms. The van der Waals surface area contributed by atoms with Crippen LogP contribution in [-0.4, -0.2) is 59.1 Å². The molecule has 1 aromatic carbocycles. The lowest BCUT2D eigenvalue weighted by atomic mass is 9.99. The van der Waals surface area contributed by atoms with Crippen LogP contribution in [0.15, 0.2) is 33.5 Å². The maximum absolute atomic E-state index is 11.7. The highest BCUT2D eigenvalue weighted by molar-refractivity contribution is 5.81. The second-order valence-corrected chi connectivity index (χ2v) is 5.94. The highest BCUT2D eigenvalue weighted by Crippen LogP contribution is 2.27. The van der Waals surface area contributed by atoms with Crippen LogP contribution in [0.3, 0.4) is 0 Å². The molecule has 1 saturated heterocycles. The molecule has 0 radical (unpaired) electrons. The Labute approximate surface area is 147 Å². The van der Waals surface area contributed by atoms with Crippen LogP contribution in [-0.2, 0) is 14.3 Å². The fourth-order valence-electron chi connectivity index (χ4n) is 2.77. The smallest absolute Gasteiger partial charge is 0.337 e. The first-order valence-corrected chi connectivity index (χ1v) is 7.80. The molecule has 9 nitrogen and oxygen atoms in total. The molecular formula is C17H18O9. The predicted octanol–water partition coefficient (Wildman–Crippen LogP) is -0.539. The normalized spacial score (nSPS) is 28.7. The molecule has 140 valence electrons. The zero-order valence-corrected chi connectivity index (χ0v) is 14.0. The number of aliphatic hydroxyl groups is 3. The van der Waals surface area contributed by atoms with Crippen LogP contribution in [0.2, 0.25) is 0 Å². The molecule has 26 heavy (non-hydrogen) atoms. The number of aryl methyl sites for hydroxylation is 1. The third-order valence-electron chi connectivity index (χ3n) is 4.18. The summed E-state index contributed by atoms with van der Waals surface area (Å²) in [5.74, 6) is -0.750. The fourth-order valence-corrected chi connectivity index (χ4v) is 2.77. The minimum absolute atomic E-state index is 0.169. The molecule has 0 bridgehead atoms. The lowest BCUT2D eigenvalue weighted by Gasteiger charge is -2.38. The molecule has 0 spiro atoms. The lowest BCUT2D eigenvalue weighted by Crippen LogP contribution is -2.61. The van der Waals surface area contributed by atoms with Gasteiger partial charge in [-0.25, -0.2) is 9.59 Å². The summed E-state index contributed by atoms with van der Waals surface area (Å²) in [6.07, 6.45) is -7.95. The van der Waals surface area contributed by atoms with Gasteiger partial charge in [-0.1, -0.05) is 0 Å². The van der Waals surface area contributed by atoms with Gasteiger partial charge in [0.15, 0.2) is 6.10 Å². The number of rotatable bonds is 3. The van der Waals surface area contributed by atoms with E-state index in [4.69, 9.17) is 13.9 Å². The SMILES string of the molecule is COC(=O)C1O[C@@H](Oc2ccc3c(C)cc(=O)oc3c2)[C@H](O)[C@H](O)[C@@H]1O. The number of benzene rings is 1. The van der Waals surface area contributed by atoms with Crippen LogP contribution >= 0.6 is 0 Å². The van der Waals surface area contributed by atoms with Gasteiger partial charge in [-0.2, -0.15) is 0 Å². The molecule has 0 saturated carbocycles. The van der Waals surface area contributed by atoms with Crippen LogP contribution in [0.4, 0.5) is 0 Å². The summed E-state index contributed by atoms with van der Waals surface area (Å²) in [4.78, 5) is 23.2. The van der Waals surface area contributed by atoms with Crippen molar-refractivity contribution in [2.45, 2.75) is 37.6 Å². The van der Waals surface area contributed by atoms with Crippen LogP contribution in [0.5, 0.6) is 5.75 Å². The van der Waals surface area contributed by atoms with Gasteiger partial charge < -0.3 is 33.9 Å². The van der Waals surface area contributed by atoms with Crippen LogP contribution < -0.4 is 10.4 Å². The molecule has 3 N–H and O–H groups in total. The molecule has 1 aliphatic heterocycles. The minimum Gasteiger partial charge on any atom is -0.467 e. The number of esters is 1. The number of ether oxygens (including phenoxy) is 3. The van der Waals surface area contributed by atoms with Crippen molar-refractivity contribution < 1.29 is 38.7 Å². The number of hydrogen-bond acceptors (Lipinski definition) is 9. The van der Waals surface area contributed by atoms with Gasteiger partial charge >= 0.3 is 11.6 Å². The van der Waals surface area contributed by atoms with Crippen molar-refractivity contribution in [3.8, 4) is 5.75 Å². The van der Waals surface area contributed by atoms with E-state index in [1.807, 2.05) is 0 Å². The average Bonchev–Trinajstić information content (AvgIpc) is 2.61. The van der Waals surface area contributed by atoms with E-state index in [1.54, 1.807) is 19.1 Å². The topological polar surface area (TPSA) is 136 Å². The summed E-state index contributed by atoms with van der Waals surface area (Å²) in [5.41, 5.74) is 0.467. The quantitative estimate of drug-likeness (QED) is 0.483.